The first-order valence-corrected chi connectivity index (χ1v) is 6.43. The second-order valence-electron chi connectivity index (χ2n) is 5.09. The highest BCUT2D eigenvalue weighted by Crippen LogP contribution is 2.08. The largest absolute Gasteiger partial charge is 0.296 e. The lowest BCUT2D eigenvalue weighted by molar-refractivity contribution is 0.314. The van der Waals surface area contributed by atoms with Crippen LogP contribution in [0.2, 0.25) is 0 Å². The van der Waals surface area contributed by atoms with Crippen LogP contribution >= 0.6 is 0 Å². The number of hydrogen-bond donors (Lipinski definition) is 0. The van der Waals surface area contributed by atoms with Crippen molar-refractivity contribution in [3.63, 3.8) is 0 Å². The van der Waals surface area contributed by atoms with Crippen molar-refractivity contribution in [1.29, 1.82) is 0 Å². The lowest BCUT2D eigenvalue weighted by atomic mass is 10.2. The molecule has 0 saturated carbocycles. The van der Waals surface area contributed by atoms with Gasteiger partial charge in [0.25, 0.3) is 0 Å². The lowest BCUT2D eigenvalue weighted by Crippen LogP contribution is -2.18. The molecule has 0 bridgehead atoms. The summed E-state index contributed by atoms with van der Waals surface area (Å²) in [4.78, 5) is 15.2. The smallest absolute Gasteiger partial charge is 0.125 e. The van der Waals surface area contributed by atoms with Crippen LogP contribution in [0.15, 0.2) is 24.5 Å². The molecule has 0 saturated heterocycles. The average Bonchev–Trinajstić information content (AvgIpc) is 2.30. The highest BCUT2D eigenvalue weighted by molar-refractivity contribution is 5.19. The number of hydrogen-bond acceptors (Lipinski definition) is 4. The molecule has 0 spiro atoms. The minimum Gasteiger partial charge on any atom is -0.296 e. The van der Waals surface area contributed by atoms with Crippen LogP contribution in [0.3, 0.4) is 0 Å². The first-order valence-electron chi connectivity index (χ1n) is 6.43. The number of aryl methyl sites for hydroxylation is 3. The summed E-state index contributed by atoms with van der Waals surface area (Å²) in [6.45, 7) is 7.69. The maximum atomic E-state index is 4.56. The Hall–Kier alpha value is -1.81. The van der Waals surface area contributed by atoms with Crippen LogP contribution in [0, 0.1) is 20.8 Å². The Morgan fingerprint density at radius 2 is 1.68 bits per heavy atom. The summed E-state index contributed by atoms with van der Waals surface area (Å²) in [5.41, 5.74) is 4.56. The Morgan fingerprint density at radius 1 is 1.00 bits per heavy atom. The highest BCUT2D eigenvalue weighted by Gasteiger charge is 2.05. The van der Waals surface area contributed by atoms with Crippen LogP contribution in [0.4, 0.5) is 0 Å². The molecule has 0 unspecified atom stereocenters. The van der Waals surface area contributed by atoms with E-state index in [1.807, 2.05) is 26.2 Å². The Bertz CT molecular complexity index is 528. The molecule has 0 amide bonds. The van der Waals surface area contributed by atoms with Gasteiger partial charge in [-0.15, -0.1) is 0 Å². The van der Waals surface area contributed by atoms with Crippen molar-refractivity contribution in [3.05, 3.63) is 52.9 Å². The van der Waals surface area contributed by atoms with Crippen molar-refractivity contribution in [2.24, 2.45) is 0 Å². The van der Waals surface area contributed by atoms with Crippen LogP contribution in [-0.2, 0) is 13.1 Å². The Balaban J connectivity index is 2.00. The Kier molecular flexibility index (Phi) is 4.22. The third-order valence-electron chi connectivity index (χ3n) is 2.87. The zero-order valence-electron chi connectivity index (χ0n) is 12.0. The van der Waals surface area contributed by atoms with E-state index in [1.165, 1.54) is 5.56 Å². The van der Waals surface area contributed by atoms with E-state index >= 15 is 0 Å². The average molecular weight is 256 g/mol. The van der Waals surface area contributed by atoms with E-state index < -0.39 is 0 Å². The lowest BCUT2D eigenvalue weighted by Gasteiger charge is -2.16. The molecule has 2 heterocycles. The zero-order chi connectivity index (χ0) is 13.8. The van der Waals surface area contributed by atoms with Crippen LogP contribution in [-0.4, -0.2) is 26.9 Å². The van der Waals surface area contributed by atoms with Crippen LogP contribution in [0.25, 0.3) is 0 Å². The summed E-state index contributed by atoms with van der Waals surface area (Å²) in [6.07, 6.45) is 3.77. The fourth-order valence-corrected chi connectivity index (χ4v) is 2.15. The second-order valence-corrected chi connectivity index (χ2v) is 5.09. The normalized spacial score (nSPS) is 11.0. The topological polar surface area (TPSA) is 41.9 Å². The molecule has 0 aliphatic heterocycles. The summed E-state index contributed by atoms with van der Waals surface area (Å²) in [5, 5.41) is 0. The summed E-state index contributed by atoms with van der Waals surface area (Å²) >= 11 is 0. The molecule has 0 aliphatic carbocycles. The van der Waals surface area contributed by atoms with Gasteiger partial charge in [-0.25, -0.2) is 9.97 Å². The number of pyridine rings is 1. The maximum absolute atomic E-state index is 4.56. The van der Waals surface area contributed by atoms with Crippen molar-refractivity contribution in [3.8, 4) is 0 Å². The number of aromatic nitrogens is 3. The molecule has 19 heavy (non-hydrogen) atoms. The number of rotatable bonds is 4. The minimum atomic E-state index is 0.808. The summed E-state index contributed by atoms with van der Waals surface area (Å²) in [7, 11) is 2.08. The zero-order valence-corrected chi connectivity index (χ0v) is 12.0. The van der Waals surface area contributed by atoms with Gasteiger partial charge in [0.1, 0.15) is 5.82 Å². The molecule has 0 N–H and O–H groups in total. The van der Waals surface area contributed by atoms with Gasteiger partial charge in [0, 0.05) is 36.7 Å². The van der Waals surface area contributed by atoms with E-state index in [2.05, 4.69) is 46.0 Å². The molecule has 0 radical (unpaired) electrons. The van der Waals surface area contributed by atoms with Crippen molar-refractivity contribution in [2.45, 2.75) is 33.9 Å². The third-order valence-corrected chi connectivity index (χ3v) is 2.87. The molecule has 0 aromatic carbocycles. The van der Waals surface area contributed by atoms with Crippen molar-refractivity contribution < 1.29 is 0 Å². The van der Waals surface area contributed by atoms with Crippen LogP contribution in [0.5, 0.6) is 0 Å². The van der Waals surface area contributed by atoms with Crippen molar-refractivity contribution in [2.75, 3.05) is 7.05 Å². The van der Waals surface area contributed by atoms with E-state index in [1.54, 1.807) is 0 Å². The standard InChI is InChI=1S/C15H20N4/c1-11-5-12(2)18-15(6-11)10-19(4)9-14-7-16-13(3)17-8-14/h5-8H,9-10H2,1-4H3. The van der Waals surface area contributed by atoms with Crippen molar-refractivity contribution >= 4 is 0 Å². The fraction of sp³-hybridized carbons (Fsp3) is 0.400. The Labute approximate surface area is 114 Å². The molecule has 0 aliphatic rings. The van der Waals surface area contributed by atoms with Gasteiger partial charge in [-0.3, -0.25) is 9.88 Å². The number of nitrogens with zero attached hydrogens (tertiary/aromatic N) is 4. The van der Waals surface area contributed by atoms with Crippen molar-refractivity contribution in [1.82, 2.24) is 19.9 Å². The predicted octanol–water partition coefficient (Wildman–Crippen LogP) is 2.43. The second kappa shape index (κ2) is 5.89. The molecule has 2 rings (SSSR count). The molecular weight excluding hydrogens is 236 g/mol. The first-order chi connectivity index (χ1) is 9.02. The molecule has 2 aromatic heterocycles. The monoisotopic (exact) mass is 256 g/mol. The van der Waals surface area contributed by atoms with Gasteiger partial charge in [0.05, 0.1) is 5.69 Å². The SMILES string of the molecule is Cc1cc(C)nc(CN(C)Cc2cnc(C)nc2)c1. The highest BCUT2D eigenvalue weighted by atomic mass is 15.1. The minimum absolute atomic E-state index is 0.808. The van der Waals surface area contributed by atoms with Gasteiger partial charge >= 0.3 is 0 Å². The quantitative estimate of drug-likeness (QED) is 0.842. The van der Waals surface area contributed by atoms with Crippen LogP contribution in [0.1, 0.15) is 28.3 Å². The summed E-state index contributed by atoms with van der Waals surface area (Å²) in [6, 6.07) is 4.23. The van der Waals surface area contributed by atoms with E-state index in [0.29, 0.717) is 0 Å². The van der Waals surface area contributed by atoms with Gasteiger partial charge in [-0.1, -0.05) is 0 Å². The first kappa shape index (κ1) is 13.6. The molecule has 4 heteroatoms. The van der Waals surface area contributed by atoms with Gasteiger partial charge in [-0.05, 0) is 45.5 Å². The predicted molar refractivity (Wildman–Crippen MR) is 75.7 cm³/mol. The van der Waals surface area contributed by atoms with Crippen LogP contribution < -0.4 is 0 Å². The molecule has 0 fully saturated rings. The van der Waals surface area contributed by atoms with Gasteiger partial charge in [0.2, 0.25) is 0 Å². The fourth-order valence-electron chi connectivity index (χ4n) is 2.15. The molecule has 2 aromatic rings. The van der Waals surface area contributed by atoms with Gasteiger partial charge in [0.15, 0.2) is 0 Å². The van der Waals surface area contributed by atoms with E-state index in [0.717, 1.165) is 35.9 Å². The van der Waals surface area contributed by atoms with E-state index in [9.17, 15) is 0 Å². The van der Waals surface area contributed by atoms with Gasteiger partial charge in [-0.2, -0.15) is 0 Å². The van der Waals surface area contributed by atoms with E-state index in [4.69, 9.17) is 0 Å². The summed E-state index contributed by atoms with van der Waals surface area (Å²) < 4.78 is 0. The Morgan fingerprint density at radius 3 is 2.32 bits per heavy atom. The maximum Gasteiger partial charge on any atom is 0.125 e. The summed E-state index contributed by atoms with van der Waals surface area (Å²) in [5.74, 6) is 0.808. The van der Waals surface area contributed by atoms with Gasteiger partial charge < -0.3 is 0 Å². The molecular formula is C15H20N4. The molecule has 0 atom stereocenters. The molecule has 4 nitrogen and oxygen atoms in total. The van der Waals surface area contributed by atoms with E-state index in [-0.39, 0.29) is 0 Å². The molecule has 100 valence electrons. The third kappa shape index (κ3) is 4.10.